The molecule has 1 aliphatic rings. The van der Waals surface area contributed by atoms with E-state index in [0.29, 0.717) is 5.56 Å². The summed E-state index contributed by atoms with van der Waals surface area (Å²) in [6, 6.07) is 2.07. The van der Waals surface area contributed by atoms with Gasteiger partial charge in [-0.3, -0.25) is 4.79 Å². The predicted octanol–water partition coefficient (Wildman–Crippen LogP) is 1.38. The first-order chi connectivity index (χ1) is 7.33. The van der Waals surface area contributed by atoms with E-state index >= 15 is 0 Å². The number of nitrogens with one attached hydrogen (secondary N) is 1. The first kappa shape index (κ1) is 11.1. The lowest BCUT2D eigenvalue weighted by molar-refractivity contribution is 0.0984. The Morgan fingerprint density at radius 2 is 1.94 bits per heavy atom. The molecule has 0 bridgehead atoms. The van der Waals surface area contributed by atoms with E-state index in [9.17, 15) is 17.6 Å². The van der Waals surface area contributed by atoms with Gasteiger partial charge in [-0.25, -0.2) is 17.5 Å². The van der Waals surface area contributed by atoms with Gasteiger partial charge in [0.1, 0.15) is 10.7 Å². The molecule has 0 spiro atoms. The van der Waals surface area contributed by atoms with Crippen molar-refractivity contribution in [2.24, 2.45) is 0 Å². The van der Waals surface area contributed by atoms with Gasteiger partial charge < -0.3 is 0 Å². The number of fused-ring (bicyclic) bond motifs is 1. The first-order valence-corrected chi connectivity index (χ1v) is 6.22. The van der Waals surface area contributed by atoms with E-state index in [1.54, 1.807) is 13.8 Å². The molecule has 1 amide bonds. The Labute approximate surface area is 92.5 Å². The topological polar surface area (TPSA) is 63.2 Å². The maximum atomic E-state index is 13.2. The number of rotatable bonds is 1. The Morgan fingerprint density at radius 3 is 2.50 bits per heavy atom. The van der Waals surface area contributed by atoms with Crippen molar-refractivity contribution in [1.82, 2.24) is 4.72 Å². The molecule has 16 heavy (non-hydrogen) atoms. The smallest absolute Gasteiger partial charge is 0.266 e. The van der Waals surface area contributed by atoms with Gasteiger partial charge in [0, 0.05) is 0 Å². The van der Waals surface area contributed by atoms with Gasteiger partial charge in [-0.1, -0.05) is 13.8 Å². The van der Waals surface area contributed by atoms with Crippen LogP contribution in [0.5, 0.6) is 0 Å². The van der Waals surface area contributed by atoms with Gasteiger partial charge in [0.2, 0.25) is 0 Å². The van der Waals surface area contributed by atoms with Crippen molar-refractivity contribution in [3.8, 4) is 0 Å². The molecule has 6 heteroatoms. The third kappa shape index (κ3) is 1.49. The second-order valence-corrected chi connectivity index (χ2v) is 5.61. The number of amides is 1. The average molecular weight is 243 g/mol. The van der Waals surface area contributed by atoms with Gasteiger partial charge in [0.05, 0.1) is 5.56 Å². The van der Waals surface area contributed by atoms with Crippen LogP contribution < -0.4 is 4.72 Å². The molecule has 0 aromatic heterocycles. The van der Waals surface area contributed by atoms with Gasteiger partial charge in [0.15, 0.2) is 0 Å². The van der Waals surface area contributed by atoms with Gasteiger partial charge in [-0.2, -0.15) is 0 Å². The lowest BCUT2D eigenvalue weighted by atomic mass is 9.97. The molecular formula is C10H10FNO3S. The molecule has 1 heterocycles. The number of carbonyl (C=O) groups excluding carboxylic acids is 1. The number of hydrogen-bond acceptors (Lipinski definition) is 3. The van der Waals surface area contributed by atoms with Crippen LogP contribution in [0.2, 0.25) is 0 Å². The van der Waals surface area contributed by atoms with Crippen LogP contribution in [0, 0.1) is 5.82 Å². The normalized spacial score (nSPS) is 17.4. The van der Waals surface area contributed by atoms with Crippen LogP contribution in [0.4, 0.5) is 4.39 Å². The van der Waals surface area contributed by atoms with E-state index in [1.165, 1.54) is 6.07 Å². The summed E-state index contributed by atoms with van der Waals surface area (Å²) in [5, 5.41) is 0. The molecule has 2 rings (SSSR count). The lowest BCUT2D eigenvalue weighted by Crippen LogP contribution is -2.21. The highest BCUT2D eigenvalue weighted by molar-refractivity contribution is 7.90. The molecule has 86 valence electrons. The Bertz CT molecular complexity index is 578. The van der Waals surface area contributed by atoms with E-state index in [1.807, 2.05) is 4.72 Å². The largest absolute Gasteiger partial charge is 0.268 e. The Balaban J connectivity index is 2.84. The second kappa shape index (κ2) is 3.28. The van der Waals surface area contributed by atoms with Gasteiger partial charge in [-0.05, 0) is 23.6 Å². The Hall–Kier alpha value is -1.43. The SMILES string of the molecule is CC(C)c1cc(F)cc2c1C(=O)NS2(=O)=O. The van der Waals surface area contributed by atoms with Crippen LogP contribution in [-0.4, -0.2) is 14.3 Å². The fraction of sp³-hybridized carbons (Fsp3) is 0.300. The van der Waals surface area contributed by atoms with Crippen molar-refractivity contribution in [2.75, 3.05) is 0 Å². The monoisotopic (exact) mass is 243 g/mol. The summed E-state index contributed by atoms with van der Waals surface area (Å²) in [6.45, 7) is 3.54. The van der Waals surface area contributed by atoms with Crippen molar-refractivity contribution in [3.63, 3.8) is 0 Å². The third-order valence-corrected chi connectivity index (χ3v) is 3.82. The molecule has 1 aromatic rings. The van der Waals surface area contributed by atoms with Crippen molar-refractivity contribution < 1.29 is 17.6 Å². The van der Waals surface area contributed by atoms with E-state index in [-0.39, 0.29) is 16.4 Å². The maximum absolute atomic E-state index is 13.2. The molecular weight excluding hydrogens is 233 g/mol. The maximum Gasteiger partial charge on any atom is 0.266 e. The van der Waals surface area contributed by atoms with Crippen LogP contribution in [0.3, 0.4) is 0 Å². The summed E-state index contributed by atoms with van der Waals surface area (Å²) in [7, 11) is -3.87. The van der Waals surface area contributed by atoms with Crippen LogP contribution in [0.15, 0.2) is 17.0 Å². The number of sulfonamides is 1. The van der Waals surface area contributed by atoms with E-state index in [4.69, 9.17) is 0 Å². The number of carbonyl (C=O) groups is 1. The Morgan fingerprint density at radius 1 is 1.31 bits per heavy atom. The van der Waals surface area contributed by atoms with E-state index < -0.39 is 21.7 Å². The van der Waals surface area contributed by atoms with Gasteiger partial charge >= 0.3 is 0 Å². The van der Waals surface area contributed by atoms with Crippen LogP contribution in [0.1, 0.15) is 35.7 Å². The highest BCUT2D eigenvalue weighted by atomic mass is 32.2. The minimum Gasteiger partial charge on any atom is -0.268 e. The summed E-state index contributed by atoms with van der Waals surface area (Å²) >= 11 is 0. The molecule has 4 nitrogen and oxygen atoms in total. The second-order valence-electron chi connectivity index (χ2n) is 3.96. The summed E-state index contributed by atoms with van der Waals surface area (Å²) in [4.78, 5) is 11.2. The standard InChI is InChI=1S/C10H10FNO3S/c1-5(2)7-3-6(11)4-8-9(7)10(13)12-16(8,14)15/h3-5H,1-2H3,(H,12,13). The lowest BCUT2D eigenvalue weighted by Gasteiger charge is -2.08. The van der Waals surface area contributed by atoms with E-state index in [0.717, 1.165) is 6.07 Å². The van der Waals surface area contributed by atoms with Gasteiger partial charge in [-0.15, -0.1) is 0 Å². The zero-order valence-corrected chi connectivity index (χ0v) is 9.56. The highest BCUT2D eigenvalue weighted by Gasteiger charge is 2.35. The summed E-state index contributed by atoms with van der Waals surface area (Å²) in [5.41, 5.74) is 0.477. The van der Waals surface area contributed by atoms with Crippen LogP contribution in [-0.2, 0) is 10.0 Å². The number of hydrogen-bond donors (Lipinski definition) is 1. The minimum absolute atomic E-state index is 0.0661. The highest BCUT2D eigenvalue weighted by Crippen LogP contribution is 2.30. The molecule has 0 saturated carbocycles. The fourth-order valence-electron chi connectivity index (χ4n) is 1.74. The molecule has 1 N–H and O–H groups in total. The zero-order valence-electron chi connectivity index (χ0n) is 8.74. The average Bonchev–Trinajstić information content (AvgIpc) is 2.36. The molecule has 0 aliphatic carbocycles. The molecule has 0 atom stereocenters. The quantitative estimate of drug-likeness (QED) is 0.810. The molecule has 1 aromatic carbocycles. The molecule has 0 unspecified atom stereocenters. The predicted molar refractivity (Wildman–Crippen MR) is 55.1 cm³/mol. The van der Waals surface area contributed by atoms with E-state index in [2.05, 4.69) is 0 Å². The number of halogens is 1. The molecule has 0 saturated heterocycles. The van der Waals surface area contributed by atoms with Crippen molar-refractivity contribution in [3.05, 3.63) is 29.1 Å². The van der Waals surface area contributed by atoms with Crippen molar-refractivity contribution in [2.45, 2.75) is 24.7 Å². The Kier molecular flexibility index (Phi) is 2.27. The first-order valence-electron chi connectivity index (χ1n) is 4.73. The van der Waals surface area contributed by atoms with Crippen molar-refractivity contribution in [1.29, 1.82) is 0 Å². The molecule has 0 fully saturated rings. The van der Waals surface area contributed by atoms with Crippen molar-refractivity contribution >= 4 is 15.9 Å². The molecule has 1 aliphatic heterocycles. The third-order valence-electron chi connectivity index (χ3n) is 2.46. The molecule has 0 radical (unpaired) electrons. The fourth-order valence-corrected chi connectivity index (χ4v) is 2.94. The summed E-state index contributed by atoms with van der Waals surface area (Å²) in [6.07, 6.45) is 0. The summed E-state index contributed by atoms with van der Waals surface area (Å²) < 4.78 is 38.1. The number of benzene rings is 1. The van der Waals surface area contributed by atoms with Crippen LogP contribution in [0.25, 0.3) is 0 Å². The van der Waals surface area contributed by atoms with Gasteiger partial charge in [0.25, 0.3) is 15.9 Å². The van der Waals surface area contributed by atoms with Crippen LogP contribution >= 0.6 is 0 Å². The minimum atomic E-state index is -3.87. The summed E-state index contributed by atoms with van der Waals surface area (Å²) in [5.74, 6) is -1.45. The zero-order chi connectivity index (χ0) is 12.1.